The maximum atomic E-state index is 12.7. The van der Waals surface area contributed by atoms with E-state index in [0.29, 0.717) is 13.1 Å². The summed E-state index contributed by atoms with van der Waals surface area (Å²) in [5, 5.41) is 3.98. The highest BCUT2D eigenvalue weighted by atomic mass is 35.5. The number of amides is 1. The minimum Gasteiger partial charge on any atom is -0.378 e. The van der Waals surface area contributed by atoms with E-state index in [1.165, 1.54) is 19.3 Å². The molecular formula is C21H30ClN3O2. The molecule has 1 amide bonds. The Morgan fingerprint density at radius 3 is 2.67 bits per heavy atom. The summed E-state index contributed by atoms with van der Waals surface area (Å²) in [5.41, 5.74) is 1.23. The Bertz CT molecular complexity index is 659. The molecule has 5 nitrogen and oxygen atoms in total. The SMILES string of the molecule is O=C(CN1CCOCC12CCC2)NCC(c1ccccc1Cl)N1CCCC1. The zero-order valence-corrected chi connectivity index (χ0v) is 16.7. The van der Waals surface area contributed by atoms with E-state index in [9.17, 15) is 4.79 Å². The van der Waals surface area contributed by atoms with E-state index >= 15 is 0 Å². The van der Waals surface area contributed by atoms with Crippen LogP contribution in [0.4, 0.5) is 0 Å². The summed E-state index contributed by atoms with van der Waals surface area (Å²) in [6, 6.07) is 8.16. The lowest BCUT2D eigenvalue weighted by atomic mass is 9.75. The minimum atomic E-state index is 0.111. The summed E-state index contributed by atoms with van der Waals surface area (Å²) >= 11 is 6.47. The molecule has 0 aromatic heterocycles. The number of morpholine rings is 1. The normalized spacial score (nSPS) is 23.9. The Kier molecular flexibility index (Phi) is 6.02. The van der Waals surface area contributed by atoms with E-state index in [2.05, 4.69) is 21.2 Å². The summed E-state index contributed by atoms with van der Waals surface area (Å²) in [6.45, 7) is 5.57. The number of nitrogens with zero attached hydrogens (tertiary/aromatic N) is 2. The highest BCUT2D eigenvalue weighted by Crippen LogP contribution is 2.39. The summed E-state index contributed by atoms with van der Waals surface area (Å²) in [5.74, 6) is 0.111. The molecule has 0 radical (unpaired) electrons. The second-order valence-electron chi connectivity index (χ2n) is 8.14. The molecule has 0 bridgehead atoms. The van der Waals surface area contributed by atoms with Crippen molar-refractivity contribution in [1.29, 1.82) is 0 Å². The van der Waals surface area contributed by atoms with Gasteiger partial charge < -0.3 is 10.1 Å². The molecule has 2 aliphatic heterocycles. The molecule has 2 saturated heterocycles. The van der Waals surface area contributed by atoms with E-state index in [1.807, 2.05) is 18.2 Å². The van der Waals surface area contributed by atoms with Crippen molar-refractivity contribution in [2.24, 2.45) is 0 Å². The van der Waals surface area contributed by atoms with Crippen molar-refractivity contribution < 1.29 is 9.53 Å². The number of nitrogens with one attached hydrogen (secondary N) is 1. The smallest absolute Gasteiger partial charge is 0.234 e. The van der Waals surface area contributed by atoms with Gasteiger partial charge in [0.05, 0.1) is 25.8 Å². The second kappa shape index (κ2) is 8.48. The van der Waals surface area contributed by atoms with Crippen LogP contribution in [-0.4, -0.2) is 67.2 Å². The average Bonchev–Trinajstić information content (AvgIpc) is 3.17. The van der Waals surface area contributed by atoms with Gasteiger partial charge in [-0.15, -0.1) is 0 Å². The molecule has 4 rings (SSSR count). The maximum absolute atomic E-state index is 12.7. The molecule has 1 spiro atoms. The lowest BCUT2D eigenvalue weighted by Gasteiger charge is -2.52. The molecular weight excluding hydrogens is 362 g/mol. The first kappa shape index (κ1) is 19.2. The monoisotopic (exact) mass is 391 g/mol. The van der Waals surface area contributed by atoms with Gasteiger partial charge in [0.1, 0.15) is 0 Å². The Morgan fingerprint density at radius 2 is 1.96 bits per heavy atom. The van der Waals surface area contributed by atoms with Crippen molar-refractivity contribution in [2.75, 3.05) is 45.9 Å². The van der Waals surface area contributed by atoms with Gasteiger partial charge in [-0.3, -0.25) is 14.6 Å². The van der Waals surface area contributed by atoms with Gasteiger partial charge in [-0.1, -0.05) is 29.8 Å². The Hall–Kier alpha value is -1.14. The molecule has 1 aliphatic carbocycles. The highest BCUT2D eigenvalue weighted by molar-refractivity contribution is 6.31. The van der Waals surface area contributed by atoms with Gasteiger partial charge in [-0.2, -0.15) is 0 Å². The fourth-order valence-corrected chi connectivity index (χ4v) is 4.99. The predicted molar refractivity (Wildman–Crippen MR) is 107 cm³/mol. The quantitative estimate of drug-likeness (QED) is 0.809. The molecule has 1 atom stereocenters. The molecule has 1 unspecified atom stereocenters. The molecule has 1 N–H and O–H groups in total. The van der Waals surface area contributed by atoms with Crippen LogP contribution in [0.25, 0.3) is 0 Å². The minimum absolute atomic E-state index is 0.111. The fraction of sp³-hybridized carbons (Fsp3) is 0.667. The number of benzene rings is 1. The molecule has 148 valence electrons. The number of rotatable bonds is 6. The Balaban J connectivity index is 1.38. The summed E-state index contributed by atoms with van der Waals surface area (Å²) in [6.07, 6.45) is 5.97. The van der Waals surface area contributed by atoms with E-state index < -0.39 is 0 Å². The van der Waals surface area contributed by atoms with E-state index in [1.54, 1.807) is 0 Å². The molecule has 6 heteroatoms. The average molecular weight is 392 g/mol. The van der Waals surface area contributed by atoms with Crippen LogP contribution in [0, 0.1) is 0 Å². The zero-order valence-electron chi connectivity index (χ0n) is 16.0. The first-order chi connectivity index (χ1) is 13.2. The van der Waals surface area contributed by atoms with Crippen molar-refractivity contribution in [1.82, 2.24) is 15.1 Å². The molecule has 3 aliphatic rings. The van der Waals surface area contributed by atoms with Crippen LogP contribution in [0.1, 0.15) is 43.7 Å². The number of hydrogen-bond donors (Lipinski definition) is 1. The number of carbonyl (C=O) groups excluding carboxylic acids is 1. The summed E-state index contributed by atoms with van der Waals surface area (Å²) < 4.78 is 5.68. The van der Waals surface area contributed by atoms with Crippen LogP contribution in [0.3, 0.4) is 0 Å². The molecule has 1 aromatic carbocycles. The van der Waals surface area contributed by atoms with E-state index in [0.717, 1.165) is 56.3 Å². The number of carbonyl (C=O) groups is 1. The van der Waals surface area contributed by atoms with Gasteiger partial charge >= 0.3 is 0 Å². The van der Waals surface area contributed by atoms with Crippen molar-refractivity contribution in [3.63, 3.8) is 0 Å². The standard InChI is InChI=1S/C21H30ClN3O2/c22-18-7-2-1-6-17(18)19(24-10-3-4-11-24)14-23-20(26)15-25-12-13-27-16-21(25)8-5-9-21/h1-2,6-7,19H,3-5,8-16H2,(H,23,26). The predicted octanol–water partition coefficient (Wildman–Crippen LogP) is 2.85. The van der Waals surface area contributed by atoms with Crippen molar-refractivity contribution in [3.8, 4) is 0 Å². The Labute approximate surface area is 167 Å². The van der Waals surface area contributed by atoms with E-state index in [4.69, 9.17) is 16.3 Å². The first-order valence-electron chi connectivity index (χ1n) is 10.3. The van der Waals surface area contributed by atoms with Crippen molar-refractivity contribution >= 4 is 17.5 Å². The third kappa shape index (κ3) is 4.16. The summed E-state index contributed by atoms with van der Waals surface area (Å²) in [7, 11) is 0. The van der Waals surface area contributed by atoms with Crippen LogP contribution in [0.15, 0.2) is 24.3 Å². The van der Waals surface area contributed by atoms with Gasteiger partial charge in [-0.25, -0.2) is 0 Å². The third-order valence-corrected chi connectivity index (χ3v) is 6.85. The zero-order chi connectivity index (χ0) is 18.7. The molecule has 27 heavy (non-hydrogen) atoms. The first-order valence-corrected chi connectivity index (χ1v) is 10.6. The summed E-state index contributed by atoms with van der Waals surface area (Å²) in [4.78, 5) is 17.5. The Morgan fingerprint density at radius 1 is 1.19 bits per heavy atom. The van der Waals surface area contributed by atoms with Crippen LogP contribution in [-0.2, 0) is 9.53 Å². The van der Waals surface area contributed by atoms with Crippen LogP contribution < -0.4 is 5.32 Å². The van der Waals surface area contributed by atoms with Gasteiger partial charge in [0.15, 0.2) is 0 Å². The van der Waals surface area contributed by atoms with Crippen LogP contribution in [0.5, 0.6) is 0 Å². The van der Waals surface area contributed by atoms with Gasteiger partial charge in [0.2, 0.25) is 5.91 Å². The van der Waals surface area contributed by atoms with Crippen molar-refractivity contribution in [3.05, 3.63) is 34.9 Å². The number of ether oxygens (including phenoxy) is 1. The second-order valence-corrected chi connectivity index (χ2v) is 8.54. The molecule has 1 saturated carbocycles. The van der Waals surface area contributed by atoms with Crippen molar-refractivity contribution in [2.45, 2.75) is 43.7 Å². The molecule has 1 aromatic rings. The van der Waals surface area contributed by atoms with E-state index in [-0.39, 0.29) is 17.5 Å². The van der Waals surface area contributed by atoms with Gasteiger partial charge in [0, 0.05) is 23.7 Å². The topological polar surface area (TPSA) is 44.8 Å². The highest BCUT2D eigenvalue weighted by Gasteiger charge is 2.45. The third-order valence-electron chi connectivity index (χ3n) is 6.50. The van der Waals surface area contributed by atoms with Gasteiger partial charge in [0.25, 0.3) is 0 Å². The largest absolute Gasteiger partial charge is 0.378 e. The number of halogens is 1. The van der Waals surface area contributed by atoms with Gasteiger partial charge in [-0.05, 0) is 56.8 Å². The maximum Gasteiger partial charge on any atom is 0.234 e. The lowest BCUT2D eigenvalue weighted by Crippen LogP contribution is -2.62. The number of hydrogen-bond acceptors (Lipinski definition) is 4. The van der Waals surface area contributed by atoms with Crippen LogP contribution in [0.2, 0.25) is 5.02 Å². The molecule has 3 fully saturated rings. The number of likely N-dealkylation sites (tertiary alicyclic amines) is 1. The van der Waals surface area contributed by atoms with Crippen LogP contribution >= 0.6 is 11.6 Å². The molecule has 2 heterocycles. The lowest BCUT2D eigenvalue weighted by molar-refractivity contribution is -0.136. The fourth-order valence-electron chi connectivity index (χ4n) is 4.73.